The molecule has 0 aliphatic heterocycles. The van der Waals surface area contributed by atoms with Crippen LogP contribution in [-0.4, -0.2) is 17.8 Å². The SMILES string of the molecule is Cc1cc(S(=O)(=O)Nc2ccc(-c3cn4ccsc4n3)cc2)ccc1F. The summed E-state index contributed by atoms with van der Waals surface area (Å²) in [7, 11) is -3.78. The highest BCUT2D eigenvalue weighted by atomic mass is 32.2. The predicted molar refractivity (Wildman–Crippen MR) is 100 cm³/mol. The molecule has 132 valence electrons. The molecule has 0 spiro atoms. The lowest BCUT2D eigenvalue weighted by molar-refractivity contribution is 0.598. The molecule has 2 heterocycles. The summed E-state index contributed by atoms with van der Waals surface area (Å²) < 4.78 is 42.7. The van der Waals surface area contributed by atoms with Crippen LogP contribution in [0.15, 0.2) is 65.1 Å². The Balaban J connectivity index is 1.58. The number of fused-ring (bicyclic) bond motifs is 1. The Bertz CT molecular complexity index is 1170. The zero-order valence-electron chi connectivity index (χ0n) is 13.7. The molecule has 0 saturated heterocycles. The second kappa shape index (κ2) is 6.22. The fraction of sp³-hybridized carbons (Fsp3) is 0.0556. The van der Waals surface area contributed by atoms with E-state index in [9.17, 15) is 12.8 Å². The second-order valence-corrected chi connectivity index (χ2v) is 8.37. The van der Waals surface area contributed by atoms with E-state index in [1.807, 2.05) is 22.2 Å². The first kappa shape index (κ1) is 16.7. The van der Waals surface area contributed by atoms with Gasteiger partial charge in [0.05, 0.1) is 10.6 Å². The van der Waals surface area contributed by atoms with Gasteiger partial charge in [-0.3, -0.25) is 9.12 Å². The van der Waals surface area contributed by atoms with E-state index in [4.69, 9.17) is 0 Å². The quantitative estimate of drug-likeness (QED) is 0.567. The number of thiazole rings is 1. The van der Waals surface area contributed by atoms with Gasteiger partial charge in [0.2, 0.25) is 0 Å². The summed E-state index contributed by atoms with van der Waals surface area (Å²) in [5, 5.41) is 1.96. The molecule has 0 atom stereocenters. The van der Waals surface area contributed by atoms with Crippen LogP contribution in [0.5, 0.6) is 0 Å². The monoisotopic (exact) mass is 387 g/mol. The third-order valence-electron chi connectivity index (χ3n) is 3.97. The number of aromatic nitrogens is 2. The number of imidazole rings is 1. The molecule has 2 aromatic heterocycles. The number of benzene rings is 2. The van der Waals surface area contributed by atoms with Gasteiger partial charge in [-0.15, -0.1) is 11.3 Å². The van der Waals surface area contributed by atoms with Crippen molar-refractivity contribution in [3.8, 4) is 11.3 Å². The number of sulfonamides is 1. The van der Waals surface area contributed by atoms with Crippen LogP contribution in [0.1, 0.15) is 5.56 Å². The molecule has 5 nitrogen and oxygen atoms in total. The molecule has 8 heteroatoms. The number of hydrogen-bond donors (Lipinski definition) is 1. The first-order valence-corrected chi connectivity index (χ1v) is 10.1. The molecule has 0 bridgehead atoms. The average molecular weight is 387 g/mol. The molecular weight excluding hydrogens is 373 g/mol. The number of aryl methyl sites for hydroxylation is 1. The van der Waals surface area contributed by atoms with Gasteiger partial charge in [-0.25, -0.2) is 17.8 Å². The summed E-state index contributed by atoms with van der Waals surface area (Å²) in [6.45, 7) is 1.53. The van der Waals surface area contributed by atoms with Gasteiger partial charge in [-0.05, 0) is 42.8 Å². The van der Waals surface area contributed by atoms with Crippen LogP contribution in [0.4, 0.5) is 10.1 Å². The zero-order valence-corrected chi connectivity index (χ0v) is 15.3. The minimum Gasteiger partial charge on any atom is -0.297 e. The molecule has 0 amide bonds. The first-order valence-electron chi connectivity index (χ1n) is 7.74. The summed E-state index contributed by atoms with van der Waals surface area (Å²) in [4.78, 5) is 5.44. The van der Waals surface area contributed by atoms with Gasteiger partial charge in [-0.2, -0.15) is 0 Å². The Morgan fingerprint density at radius 2 is 1.92 bits per heavy atom. The highest BCUT2D eigenvalue weighted by Gasteiger charge is 2.15. The van der Waals surface area contributed by atoms with Crippen LogP contribution in [0.2, 0.25) is 0 Å². The minimum absolute atomic E-state index is 0.0230. The predicted octanol–water partition coefficient (Wildman–Crippen LogP) is 4.31. The lowest BCUT2D eigenvalue weighted by Crippen LogP contribution is -2.13. The Labute approximate surface area is 153 Å². The van der Waals surface area contributed by atoms with Gasteiger partial charge in [0.1, 0.15) is 5.82 Å². The smallest absolute Gasteiger partial charge is 0.261 e. The average Bonchev–Trinajstić information content (AvgIpc) is 3.19. The van der Waals surface area contributed by atoms with E-state index in [1.54, 1.807) is 35.6 Å². The van der Waals surface area contributed by atoms with E-state index in [0.29, 0.717) is 5.69 Å². The highest BCUT2D eigenvalue weighted by Crippen LogP contribution is 2.24. The van der Waals surface area contributed by atoms with Crippen molar-refractivity contribution in [1.82, 2.24) is 9.38 Å². The van der Waals surface area contributed by atoms with Crippen LogP contribution in [0.25, 0.3) is 16.2 Å². The number of rotatable bonds is 4. The van der Waals surface area contributed by atoms with Crippen LogP contribution >= 0.6 is 11.3 Å². The van der Waals surface area contributed by atoms with Crippen molar-refractivity contribution >= 4 is 32.0 Å². The Morgan fingerprint density at radius 1 is 1.15 bits per heavy atom. The molecule has 0 saturated carbocycles. The third-order valence-corrected chi connectivity index (χ3v) is 6.12. The van der Waals surface area contributed by atoms with Crippen molar-refractivity contribution in [2.45, 2.75) is 11.8 Å². The number of hydrogen-bond acceptors (Lipinski definition) is 4. The molecule has 4 rings (SSSR count). The van der Waals surface area contributed by atoms with Crippen LogP contribution in [-0.2, 0) is 10.0 Å². The lowest BCUT2D eigenvalue weighted by Gasteiger charge is -2.09. The van der Waals surface area contributed by atoms with E-state index >= 15 is 0 Å². The van der Waals surface area contributed by atoms with E-state index in [-0.39, 0.29) is 10.5 Å². The van der Waals surface area contributed by atoms with Gasteiger partial charge in [-0.1, -0.05) is 12.1 Å². The van der Waals surface area contributed by atoms with E-state index in [0.717, 1.165) is 22.3 Å². The second-order valence-electron chi connectivity index (χ2n) is 5.81. The molecule has 26 heavy (non-hydrogen) atoms. The summed E-state index contributed by atoms with van der Waals surface area (Å²) in [5.41, 5.74) is 2.42. The molecule has 1 N–H and O–H groups in total. The Hall–Kier alpha value is -2.71. The summed E-state index contributed by atoms with van der Waals surface area (Å²) in [6.07, 6.45) is 3.86. The molecule has 0 aliphatic carbocycles. The summed E-state index contributed by atoms with van der Waals surface area (Å²) >= 11 is 1.55. The largest absolute Gasteiger partial charge is 0.297 e. The fourth-order valence-corrected chi connectivity index (χ4v) is 4.42. The Morgan fingerprint density at radius 3 is 2.62 bits per heavy atom. The molecule has 0 aliphatic rings. The van der Waals surface area contributed by atoms with Crippen molar-refractivity contribution in [3.63, 3.8) is 0 Å². The maximum atomic E-state index is 13.4. The van der Waals surface area contributed by atoms with Crippen LogP contribution < -0.4 is 4.72 Å². The zero-order chi connectivity index (χ0) is 18.3. The van der Waals surface area contributed by atoms with Crippen molar-refractivity contribution < 1.29 is 12.8 Å². The third kappa shape index (κ3) is 3.09. The van der Waals surface area contributed by atoms with E-state index in [1.165, 1.54) is 19.1 Å². The molecule has 0 fully saturated rings. The maximum absolute atomic E-state index is 13.4. The number of nitrogens with zero attached hydrogens (tertiary/aromatic N) is 2. The van der Waals surface area contributed by atoms with Gasteiger partial charge < -0.3 is 0 Å². The highest BCUT2D eigenvalue weighted by molar-refractivity contribution is 7.92. The lowest BCUT2D eigenvalue weighted by atomic mass is 10.1. The standard InChI is InChI=1S/C18H14FN3O2S2/c1-12-10-15(6-7-16(12)19)26(23,24)21-14-4-2-13(3-5-14)17-11-22-8-9-25-18(22)20-17/h2-11,21H,1H3. The van der Waals surface area contributed by atoms with Gasteiger partial charge in [0.25, 0.3) is 10.0 Å². The van der Waals surface area contributed by atoms with E-state index in [2.05, 4.69) is 9.71 Å². The molecule has 2 aromatic carbocycles. The van der Waals surface area contributed by atoms with Gasteiger partial charge in [0, 0.05) is 29.0 Å². The minimum atomic E-state index is -3.78. The van der Waals surface area contributed by atoms with Crippen molar-refractivity contribution in [2.24, 2.45) is 0 Å². The van der Waals surface area contributed by atoms with Crippen LogP contribution in [0.3, 0.4) is 0 Å². The van der Waals surface area contributed by atoms with E-state index < -0.39 is 15.8 Å². The van der Waals surface area contributed by atoms with Crippen molar-refractivity contribution in [3.05, 3.63) is 71.6 Å². The van der Waals surface area contributed by atoms with Gasteiger partial charge >= 0.3 is 0 Å². The number of halogens is 1. The summed E-state index contributed by atoms with van der Waals surface area (Å²) in [5.74, 6) is -0.437. The number of nitrogens with one attached hydrogen (secondary N) is 1. The van der Waals surface area contributed by atoms with Crippen molar-refractivity contribution in [1.29, 1.82) is 0 Å². The van der Waals surface area contributed by atoms with Crippen LogP contribution in [0, 0.1) is 12.7 Å². The molecule has 0 radical (unpaired) electrons. The maximum Gasteiger partial charge on any atom is 0.261 e. The topological polar surface area (TPSA) is 63.5 Å². The normalized spacial score (nSPS) is 11.8. The van der Waals surface area contributed by atoms with Crippen molar-refractivity contribution in [2.75, 3.05) is 4.72 Å². The Kier molecular flexibility index (Phi) is 4.01. The fourth-order valence-electron chi connectivity index (χ4n) is 2.57. The molecule has 0 unspecified atom stereocenters. The first-order chi connectivity index (χ1) is 12.4. The number of anilines is 1. The molecule has 4 aromatic rings. The van der Waals surface area contributed by atoms with Gasteiger partial charge in [0.15, 0.2) is 4.96 Å². The molecular formula is C18H14FN3O2S2. The summed E-state index contributed by atoms with van der Waals surface area (Å²) in [6, 6.07) is 10.7.